The van der Waals surface area contributed by atoms with Crippen LogP contribution in [0.2, 0.25) is 0 Å². The van der Waals surface area contributed by atoms with Gasteiger partial charge in [0.1, 0.15) is 5.76 Å². The minimum atomic E-state index is -3.38. The largest absolute Gasteiger partial charge is 0.448 e. The van der Waals surface area contributed by atoms with Gasteiger partial charge in [0.05, 0.1) is 13.2 Å². The maximum absolute atomic E-state index is 12.6. The molecule has 1 aromatic heterocycles. The Morgan fingerprint density at radius 1 is 1.15 bits per heavy atom. The molecule has 0 aliphatic rings. The number of nitrogen functional groups attached to an aromatic ring is 1. The summed E-state index contributed by atoms with van der Waals surface area (Å²) in [5.41, 5.74) is 7.40. The van der Waals surface area contributed by atoms with Gasteiger partial charge in [-0.25, -0.2) is 0 Å². The molecule has 20 heavy (non-hydrogen) atoms. The third-order valence-corrected chi connectivity index (χ3v) is 4.61. The highest BCUT2D eigenvalue weighted by Gasteiger charge is 2.30. The fraction of sp³-hybridized carbons (Fsp3) is 0.286. The van der Waals surface area contributed by atoms with Crippen LogP contribution in [-0.4, -0.2) is 13.2 Å². The van der Waals surface area contributed by atoms with Crippen LogP contribution >= 0.6 is 7.60 Å². The van der Waals surface area contributed by atoms with Gasteiger partial charge in [0, 0.05) is 11.3 Å². The third kappa shape index (κ3) is 3.12. The van der Waals surface area contributed by atoms with Crippen molar-refractivity contribution < 1.29 is 18.0 Å². The number of anilines is 1. The molecule has 6 heteroatoms. The summed E-state index contributed by atoms with van der Waals surface area (Å²) in [4.78, 5) is 0. The highest BCUT2D eigenvalue weighted by molar-refractivity contribution is 7.61. The van der Waals surface area contributed by atoms with Crippen molar-refractivity contribution in [1.82, 2.24) is 0 Å². The van der Waals surface area contributed by atoms with Gasteiger partial charge in [-0.2, -0.15) is 0 Å². The molecule has 108 valence electrons. The lowest BCUT2D eigenvalue weighted by atomic mass is 10.1. The van der Waals surface area contributed by atoms with Gasteiger partial charge >= 0.3 is 7.60 Å². The summed E-state index contributed by atoms with van der Waals surface area (Å²) in [6, 6.07) is 10.6. The Balaban J connectivity index is 2.34. The molecule has 1 heterocycles. The zero-order valence-electron chi connectivity index (χ0n) is 11.5. The highest BCUT2D eigenvalue weighted by Crippen LogP contribution is 2.47. The Morgan fingerprint density at radius 3 is 2.45 bits per heavy atom. The standard InChI is InChI=1S/C14H18NO4P/c1-3-17-20(16,18-4-2)14-9-8-13(19-14)11-6-5-7-12(15)10-11/h5-10H,3-4,15H2,1-2H3. The minimum absolute atomic E-state index is 0.207. The van der Waals surface area contributed by atoms with Crippen molar-refractivity contribution in [2.45, 2.75) is 13.8 Å². The average Bonchev–Trinajstić information content (AvgIpc) is 2.89. The van der Waals surface area contributed by atoms with Crippen LogP contribution in [0.5, 0.6) is 0 Å². The van der Waals surface area contributed by atoms with Crippen molar-refractivity contribution in [2.24, 2.45) is 0 Å². The summed E-state index contributed by atoms with van der Waals surface area (Å²) in [6.07, 6.45) is 0. The van der Waals surface area contributed by atoms with E-state index in [4.69, 9.17) is 19.2 Å². The van der Waals surface area contributed by atoms with E-state index in [1.165, 1.54) is 0 Å². The molecular formula is C14H18NO4P. The molecule has 0 radical (unpaired) electrons. The quantitative estimate of drug-likeness (QED) is 0.653. The van der Waals surface area contributed by atoms with E-state index in [0.29, 0.717) is 11.4 Å². The number of rotatable bonds is 6. The maximum atomic E-state index is 12.6. The first-order chi connectivity index (χ1) is 9.59. The van der Waals surface area contributed by atoms with E-state index < -0.39 is 7.60 Å². The van der Waals surface area contributed by atoms with Gasteiger partial charge in [0.15, 0.2) is 0 Å². The van der Waals surface area contributed by atoms with Crippen LogP contribution in [0, 0.1) is 0 Å². The van der Waals surface area contributed by atoms with Crippen molar-refractivity contribution in [3.8, 4) is 11.3 Å². The number of nitrogens with two attached hydrogens (primary N) is 1. The van der Waals surface area contributed by atoms with Crippen LogP contribution in [0.4, 0.5) is 5.69 Å². The molecule has 0 atom stereocenters. The van der Waals surface area contributed by atoms with Gasteiger partial charge in [0.25, 0.3) is 0 Å². The first-order valence-electron chi connectivity index (χ1n) is 6.44. The molecule has 0 spiro atoms. The van der Waals surface area contributed by atoms with E-state index in [0.717, 1.165) is 5.56 Å². The number of furan rings is 1. The molecule has 0 unspecified atom stereocenters. The van der Waals surface area contributed by atoms with Gasteiger partial charge in [0.2, 0.25) is 5.50 Å². The first-order valence-corrected chi connectivity index (χ1v) is 7.98. The summed E-state index contributed by atoms with van der Waals surface area (Å²) < 4.78 is 28.7. The molecular weight excluding hydrogens is 277 g/mol. The highest BCUT2D eigenvalue weighted by atomic mass is 31.2. The smallest absolute Gasteiger partial charge is 0.396 e. The van der Waals surface area contributed by atoms with E-state index in [-0.39, 0.29) is 18.7 Å². The monoisotopic (exact) mass is 295 g/mol. The Hall–Kier alpha value is -1.55. The van der Waals surface area contributed by atoms with Crippen LogP contribution < -0.4 is 11.2 Å². The number of hydrogen-bond donors (Lipinski definition) is 1. The molecule has 0 bridgehead atoms. The van der Waals surface area contributed by atoms with Gasteiger partial charge in [-0.05, 0) is 38.1 Å². The molecule has 2 aromatic rings. The molecule has 1 aromatic carbocycles. The van der Waals surface area contributed by atoms with Crippen LogP contribution in [0.1, 0.15) is 13.8 Å². The van der Waals surface area contributed by atoms with E-state index in [1.54, 1.807) is 38.1 Å². The van der Waals surface area contributed by atoms with Crippen molar-refractivity contribution in [3.63, 3.8) is 0 Å². The predicted molar refractivity (Wildman–Crippen MR) is 79.0 cm³/mol. The molecule has 0 saturated carbocycles. The molecule has 0 fully saturated rings. The van der Waals surface area contributed by atoms with Crippen LogP contribution in [0.25, 0.3) is 11.3 Å². The van der Waals surface area contributed by atoms with E-state index in [1.807, 2.05) is 12.1 Å². The second-order valence-electron chi connectivity index (χ2n) is 4.10. The summed E-state index contributed by atoms with van der Waals surface area (Å²) in [5, 5.41) is 0. The topological polar surface area (TPSA) is 74.7 Å². The Kier molecular flexibility index (Phi) is 4.65. The lowest BCUT2D eigenvalue weighted by Gasteiger charge is -2.14. The van der Waals surface area contributed by atoms with Crippen LogP contribution in [0.3, 0.4) is 0 Å². The Bertz CT molecular complexity index is 613. The number of hydrogen-bond acceptors (Lipinski definition) is 5. The van der Waals surface area contributed by atoms with E-state index in [9.17, 15) is 4.57 Å². The molecule has 2 rings (SSSR count). The zero-order chi connectivity index (χ0) is 14.6. The fourth-order valence-electron chi connectivity index (χ4n) is 1.83. The second kappa shape index (κ2) is 6.27. The normalized spacial score (nSPS) is 11.7. The predicted octanol–water partition coefficient (Wildman–Crippen LogP) is 3.42. The van der Waals surface area contributed by atoms with Crippen molar-refractivity contribution in [2.75, 3.05) is 18.9 Å². The summed E-state index contributed by atoms with van der Waals surface area (Å²) in [7, 11) is -3.38. The minimum Gasteiger partial charge on any atom is -0.448 e. The summed E-state index contributed by atoms with van der Waals surface area (Å²) in [6.45, 7) is 4.08. The first kappa shape index (κ1) is 14.9. The maximum Gasteiger partial charge on any atom is 0.396 e. The molecule has 2 N–H and O–H groups in total. The van der Waals surface area contributed by atoms with Crippen LogP contribution in [0.15, 0.2) is 40.8 Å². The van der Waals surface area contributed by atoms with Crippen molar-refractivity contribution >= 4 is 18.8 Å². The van der Waals surface area contributed by atoms with Gasteiger partial charge in [-0.1, -0.05) is 12.1 Å². The van der Waals surface area contributed by atoms with Crippen molar-refractivity contribution in [3.05, 3.63) is 36.4 Å². The molecule has 5 nitrogen and oxygen atoms in total. The summed E-state index contributed by atoms with van der Waals surface area (Å²) in [5.74, 6) is 0.576. The lowest BCUT2D eigenvalue weighted by Crippen LogP contribution is -2.08. The van der Waals surface area contributed by atoms with Gasteiger partial charge < -0.3 is 19.2 Å². The molecule has 0 saturated heterocycles. The van der Waals surface area contributed by atoms with E-state index >= 15 is 0 Å². The van der Waals surface area contributed by atoms with Gasteiger partial charge in [-0.15, -0.1) is 0 Å². The second-order valence-corrected chi connectivity index (χ2v) is 6.05. The summed E-state index contributed by atoms with van der Waals surface area (Å²) >= 11 is 0. The third-order valence-electron chi connectivity index (χ3n) is 2.63. The SMILES string of the molecule is CCOP(=O)(OCC)c1ccc(-c2cccc(N)c2)o1. The van der Waals surface area contributed by atoms with E-state index in [2.05, 4.69) is 0 Å². The molecule has 0 aliphatic carbocycles. The molecule has 0 aliphatic heterocycles. The van der Waals surface area contributed by atoms with Crippen molar-refractivity contribution in [1.29, 1.82) is 0 Å². The van der Waals surface area contributed by atoms with Gasteiger partial charge in [-0.3, -0.25) is 4.57 Å². The Labute approximate surface area is 118 Å². The molecule has 0 amide bonds. The van der Waals surface area contributed by atoms with Crippen LogP contribution in [-0.2, 0) is 13.6 Å². The zero-order valence-corrected chi connectivity index (χ0v) is 12.4. The lowest BCUT2D eigenvalue weighted by molar-refractivity contribution is 0.225. The fourth-order valence-corrected chi connectivity index (χ4v) is 3.30. The Morgan fingerprint density at radius 2 is 1.85 bits per heavy atom. The number of benzene rings is 1. The average molecular weight is 295 g/mol.